The molecule has 1 aromatic rings. The van der Waals surface area contributed by atoms with E-state index in [1.165, 1.54) is 0 Å². The number of carbonyl (C=O) groups excluding carboxylic acids is 4. The summed E-state index contributed by atoms with van der Waals surface area (Å²) in [5.74, 6) is -2.94. The number of esters is 1. The van der Waals surface area contributed by atoms with Crippen LogP contribution in [0.3, 0.4) is 0 Å². The largest absolute Gasteiger partial charge is 0.460 e. The maximum absolute atomic E-state index is 14.3. The molecule has 228 valence electrons. The maximum atomic E-state index is 14.3. The molecule has 0 radical (unpaired) electrons. The van der Waals surface area contributed by atoms with Crippen molar-refractivity contribution in [3.8, 4) is 0 Å². The van der Waals surface area contributed by atoms with E-state index in [4.69, 9.17) is 9.47 Å². The lowest BCUT2D eigenvalue weighted by Gasteiger charge is -2.37. The molecule has 3 amide bonds. The fourth-order valence-electron chi connectivity index (χ4n) is 6.60. The molecular weight excluding hydrogens is 538 g/mol. The van der Waals surface area contributed by atoms with Crippen LogP contribution in [0.15, 0.2) is 55.6 Å². The number of ether oxygens (including phenoxy) is 2. The zero-order valence-corrected chi connectivity index (χ0v) is 24.4. The third kappa shape index (κ3) is 6.44. The van der Waals surface area contributed by atoms with Crippen LogP contribution in [-0.4, -0.2) is 88.7 Å². The number of hydrogen-bond acceptors (Lipinski definition) is 7. The van der Waals surface area contributed by atoms with E-state index in [0.717, 1.165) is 5.56 Å². The fraction of sp³-hybridized carbons (Fsp3) is 0.562. The lowest BCUT2D eigenvalue weighted by Crippen LogP contribution is -2.56. The van der Waals surface area contributed by atoms with Crippen molar-refractivity contribution in [3.63, 3.8) is 0 Å². The number of benzene rings is 1. The van der Waals surface area contributed by atoms with Crippen LogP contribution in [0.4, 0.5) is 0 Å². The highest BCUT2D eigenvalue weighted by molar-refractivity contribution is 5.98. The molecule has 10 heteroatoms. The van der Waals surface area contributed by atoms with Gasteiger partial charge in [-0.25, -0.2) is 0 Å². The second-order valence-corrected chi connectivity index (χ2v) is 11.4. The molecule has 10 nitrogen and oxygen atoms in total. The van der Waals surface area contributed by atoms with Crippen LogP contribution in [0.25, 0.3) is 0 Å². The standard InChI is InChI=1S/C32H43N3O7/c1-4-6-14-25(37)33-20-22(3)41-31(40)26-24-15-16-32(42-24)27(26)29(38)35(18-10-11-19-36)28(32)30(39)34(17-5-2)21-23-12-8-7-9-13-23/h4-5,7-9,12-13,22,24,26-28,36H,1-2,6,10-11,14-21H2,3H3,(H,33,37)/t22-,24-,26+,27+,28-,32+/m1/s1. The van der Waals surface area contributed by atoms with Gasteiger partial charge in [0, 0.05) is 32.7 Å². The molecule has 42 heavy (non-hydrogen) atoms. The van der Waals surface area contributed by atoms with Crippen molar-refractivity contribution in [2.75, 3.05) is 26.2 Å². The number of likely N-dealkylation sites (tertiary alicyclic amines) is 1. The number of unbranched alkanes of at least 4 members (excludes halogenated alkanes) is 1. The van der Waals surface area contributed by atoms with E-state index < -0.39 is 41.7 Å². The van der Waals surface area contributed by atoms with Gasteiger partial charge in [0.05, 0.1) is 24.5 Å². The lowest BCUT2D eigenvalue weighted by atomic mass is 9.70. The molecule has 1 aromatic carbocycles. The van der Waals surface area contributed by atoms with Gasteiger partial charge in [-0.3, -0.25) is 19.2 Å². The zero-order valence-electron chi connectivity index (χ0n) is 24.4. The Hall–Kier alpha value is -3.50. The van der Waals surface area contributed by atoms with Crippen molar-refractivity contribution in [2.45, 2.75) is 75.8 Å². The first-order valence-corrected chi connectivity index (χ1v) is 14.9. The Morgan fingerprint density at radius 3 is 2.69 bits per heavy atom. The SMILES string of the molecule is C=CCCC(=O)NC[C@@H](C)OC(=O)[C@@H]1[C@H]2C(=O)N(CCCCO)[C@H](C(=O)N(CC=C)Cc3ccccc3)[C@]23CC[C@H]1O3. The Bertz CT molecular complexity index is 1160. The van der Waals surface area contributed by atoms with Gasteiger partial charge in [-0.1, -0.05) is 42.5 Å². The molecule has 0 saturated carbocycles. The second-order valence-electron chi connectivity index (χ2n) is 11.4. The van der Waals surface area contributed by atoms with Crippen LogP contribution in [0, 0.1) is 11.8 Å². The minimum Gasteiger partial charge on any atom is -0.460 e. The summed E-state index contributed by atoms with van der Waals surface area (Å²) in [7, 11) is 0. The summed E-state index contributed by atoms with van der Waals surface area (Å²) in [4.78, 5) is 57.1. The molecule has 3 heterocycles. The van der Waals surface area contributed by atoms with Gasteiger partial charge in [0.25, 0.3) is 0 Å². The summed E-state index contributed by atoms with van der Waals surface area (Å²) >= 11 is 0. The highest BCUT2D eigenvalue weighted by Crippen LogP contribution is 2.59. The summed E-state index contributed by atoms with van der Waals surface area (Å²) in [5, 5.41) is 12.1. The number of rotatable bonds is 16. The minimum atomic E-state index is -1.14. The van der Waals surface area contributed by atoms with E-state index in [2.05, 4.69) is 18.5 Å². The molecule has 3 saturated heterocycles. The molecule has 3 aliphatic rings. The molecule has 2 bridgehead atoms. The van der Waals surface area contributed by atoms with Crippen molar-refractivity contribution >= 4 is 23.7 Å². The average Bonchev–Trinajstić information content (AvgIpc) is 3.62. The number of amides is 3. The molecule has 3 aliphatic heterocycles. The van der Waals surface area contributed by atoms with Crippen LogP contribution in [0.2, 0.25) is 0 Å². The van der Waals surface area contributed by atoms with Gasteiger partial charge < -0.3 is 29.7 Å². The van der Waals surface area contributed by atoms with Gasteiger partial charge in [0.2, 0.25) is 17.7 Å². The van der Waals surface area contributed by atoms with Crippen LogP contribution >= 0.6 is 0 Å². The van der Waals surface area contributed by atoms with Crippen molar-refractivity contribution in [3.05, 3.63) is 61.2 Å². The summed E-state index contributed by atoms with van der Waals surface area (Å²) in [6.45, 7) is 10.2. The third-order valence-electron chi connectivity index (χ3n) is 8.47. The van der Waals surface area contributed by atoms with E-state index in [-0.39, 0.29) is 44.0 Å². The number of nitrogens with zero attached hydrogens (tertiary/aromatic N) is 2. The molecule has 0 aliphatic carbocycles. The van der Waals surface area contributed by atoms with Crippen LogP contribution in [-0.2, 0) is 35.2 Å². The van der Waals surface area contributed by atoms with E-state index >= 15 is 0 Å². The van der Waals surface area contributed by atoms with Gasteiger partial charge in [-0.2, -0.15) is 0 Å². The summed E-state index contributed by atoms with van der Waals surface area (Å²) in [6.07, 6.45) is 5.04. The lowest BCUT2D eigenvalue weighted by molar-refractivity contribution is -0.159. The Labute approximate surface area is 247 Å². The highest BCUT2D eigenvalue weighted by Gasteiger charge is 2.75. The first-order chi connectivity index (χ1) is 20.3. The Kier molecular flexibility index (Phi) is 10.6. The predicted octanol–water partition coefficient (Wildman–Crippen LogP) is 2.36. The number of hydrogen-bond donors (Lipinski definition) is 2. The zero-order chi connectivity index (χ0) is 30.3. The normalized spacial score (nSPS) is 26.4. The Balaban J connectivity index is 1.56. The third-order valence-corrected chi connectivity index (χ3v) is 8.47. The molecule has 0 aromatic heterocycles. The number of allylic oxidation sites excluding steroid dienone is 1. The monoisotopic (exact) mass is 581 g/mol. The van der Waals surface area contributed by atoms with E-state index in [9.17, 15) is 24.3 Å². The summed E-state index contributed by atoms with van der Waals surface area (Å²) < 4.78 is 12.2. The first-order valence-electron chi connectivity index (χ1n) is 14.9. The summed E-state index contributed by atoms with van der Waals surface area (Å²) in [6, 6.07) is 8.71. The topological polar surface area (TPSA) is 125 Å². The number of aliphatic hydroxyl groups is 1. The Morgan fingerprint density at radius 2 is 2.00 bits per heavy atom. The quantitative estimate of drug-likeness (QED) is 0.174. The molecule has 3 fully saturated rings. The van der Waals surface area contributed by atoms with Crippen LogP contribution in [0.5, 0.6) is 0 Å². The van der Waals surface area contributed by atoms with Gasteiger partial charge >= 0.3 is 5.97 Å². The smallest absolute Gasteiger partial charge is 0.312 e. The maximum Gasteiger partial charge on any atom is 0.312 e. The van der Waals surface area contributed by atoms with E-state index in [0.29, 0.717) is 45.1 Å². The van der Waals surface area contributed by atoms with E-state index in [1.807, 2.05) is 30.3 Å². The molecule has 6 atom stereocenters. The number of fused-ring (bicyclic) bond motifs is 1. The summed E-state index contributed by atoms with van der Waals surface area (Å²) in [5.41, 5.74) is -0.193. The van der Waals surface area contributed by atoms with Gasteiger partial charge in [-0.05, 0) is 44.6 Å². The number of aliphatic hydroxyl groups excluding tert-OH is 1. The van der Waals surface area contributed by atoms with Gasteiger partial charge in [0.15, 0.2) is 0 Å². The van der Waals surface area contributed by atoms with Crippen LogP contribution in [0.1, 0.15) is 51.0 Å². The molecule has 1 spiro atoms. The van der Waals surface area contributed by atoms with Crippen molar-refractivity contribution < 1.29 is 33.8 Å². The molecule has 2 N–H and O–H groups in total. The van der Waals surface area contributed by atoms with E-state index in [1.54, 1.807) is 28.9 Å². The predicted molar refractivity (Wildman–Crippen MR) is 156 cm³/mol. The number of nitrogens with one attached hydrogen (secondary N) is 1. The molecule has 4 rings (SSSR count). The van der Waals surface area contributed by atoms with Crippen molar-refractivity contribution in [1.29, 1.82) is 0 Å². The molecular formula is C32H43N3O7. The van der Waals surface area contributed by atoms with Crippen LogP contribution < -0.4 is 5.32 Å². The minimum absolute atomic E-state index is 0.0264. The van der Waals surface area contributed by atoms with Gasteiger partial charge in [-0.15, -0.1) is 13.2 Å². The van der Waals surface area contributed by atoms with Crippen molar-refractivity contribution in [2.24, 2.45) is 11.8 Å². The van der Waals surface area contributed by atoms with Crippen molar-refractivity contribution in [1.82, 2.24) is 15.1 Å². The Morgan fingerprint density at radius 1 is 1.24 bits per heavy atom. The number of carbonyl (C=O) groups is 4. The molecule has 0 unspecified atom stereocenters. The first kappa shape index (κ1) is 31.4. The fourth-order valence-corrected chi connectivity index (χ4v) is 6.60. The second kappa shape index (κ2) is 14.1. The van der Waals surface area contributed by atoms with Gasteiger partial charge in [0.1, 0.15) is 17.7 Å². The average molecular weight is 582 g/mol. The highest BCUT2D eigenvalue weighted by atomic mass is 16.6.